The quantitative estimate of drug-likeness (QED) is 0.596. The summed E-state index contributed by atoms with van der Waals surface area (Å²) in [5.41, 5.74) is 1.15. The van der Waals surface area contributed by atoms with Crippen molar-refractivity contribution in [1.29, 1.82) is 0 Å². The fraction of sp³-hybridized carbons (Fsp3) is 0.471. The van der Waals surface area contributed by atoms with E-state index in [0.717, 1.165) is 19.1 Å². The van der Waals surface area contributed by atoms with Crippen molar-refractivity contribution in [2.24, 2.45) is 17.3 Å². The van der Waals surface area contributed by atoms with Crippen LogP contribution in [0.15, 0.2) is 42.5 Å². The molecule has 0 spiro atoms. The Hall–Kier alpha value is -1.41. The fourth-order valence-corrected chi connectivity index (χ4v) is 3.38. The summed E-state index contributed by atoms with van der Waals surface area (Å²) in [5.74, 6) is 0.762. The number of ether oxygens (including phenoxy) is 1. The van der Waals surface area contributed by atoms with Crippen molar-refractivity contribution in [2.45, 2.75) is 25.9 Å². The van der Waals surface area contributed by atoms with Crippen LogP contribution in [0.2, 0.25) is 0 Å². The van der Waals surface area contributed by atoms with E-state index < -0.39 is 0 Å². The lowest BCUT2D eigenvalue weighted by molar-refractivity contribution is -0.119. The maximum atomic E-state index is 11.3. The molecule has 2 heteroatoms. The third-order valence-electron chi connectivity index (χ3n) is 4.62. The lowest BCUT2D eigenvalue weighted by atomic mass is 9.60. The highest BCUT2D eigenvalue weighted by Crippen LogP contribution is 2.49. The van der Waals surface area contributed by atoms with E-state index in [1.807, 2.05) is 18.2 Å². The minimum Gasteiger partial charge on any atom is -0.376 e. The number of hydrogen-bond acceptors (Lipinski definition) is 2. The molecule has 0 unspecified atom stereocenters. The topological polar surface area (TPSA) is 26.3 Å². The second-order valence-electron chi connectivity index (χ2n) is 5.85. The Morgan fingerprint density at radius 1 is 1.32 bits per heavy atom. The maximum Gasteiger partial charge on any atom is 0.124 e. The molecule has 0 saturated heterocycles. The first-order valence-corrected chi connectivity index (χ1v) is 7.09. The molecule has 0 aliphatic heterocycles. The highest BCUT2D eigenvalue weighted by Gasteiger charge is 2.44. The summed E-state index contributed by atoms with van der Waals surface area (Å²) in [6, 6.07) is 10.2. The maximum absolute atomic E-state index is 11.3. The summed E-state index contributed by atoms with van der Waals surface area (Å²) in [6.45, 7) is 1.29. The lowest BCUT2D eigenvalue weighted by Gasteiger charge is -2.45. The summed E-state index contributed by atoms with van der Waals surface area (Å²) >= 11 is 0. The van der Waals surface area contributed by atoms with Gasteiger partial charge < -0.3 is 9.53 Å². The first-order chi connectivity index (χ1) is 9.32. The SMILES string of the molecule is O=C[C@H]1C[C@H]2C=C[C@]1(COCc1ccccc1)CC2. The van der Waals surface area contributed by atoms with Gasteiger partial charge in [-0.3, -0.25) is 0 Å². The van der Waals surface area contributed by atoms with Crippen LogP contribution < -0.4 is 0 Å². The smallest absolute Gasteiger partial charge is 0.124 e. The highest BCUT2D eigenvalue weighted by atomic mass is 16.5. The van der Waals surface area contributed by atoms with Crippen molar-refractivity contribution in [3.8, 4) is 0 Å². The minimum atomic E-state index is -0.0364. The Morgan fingerprint density at radius 3 is 2.84 bits per heavy atom. The van der Waals surface area contributed by atoms with Crippen LogP contribution in [0, 0.1) is 17.3 Å². The van der Waals surface area contributed by atoms with Crippen molar-refractivity contribution in [2.75, 3.05) is 6.61 Å². The van der Waals surface area contributed by atoms with Gasteiger partial charge in [-0.2, -0.15) is 0 Å². The Balaban J connectivity index is 1.63. The molecule has 4 rings (SSSR count). The Labute approximate surface area is 114 Å². The molecule has 3 aliphatic carbocycles. The zero-order valence-electron chi connectivity index (χ0n) is 11.1. The van der Waals surface area contributed by atoms with Gasteiger partial charge in [0.2, 0.25) is 0 Å². The number of carbonyl (C=O) groups is 1. The molecule has 1 saturated carbocycles. The van der Waals surface area contributed by atoms with Gasteiger partial charge in [-0.1, -0.05) is 42.5 Å². The predicted molar refractivity (Wildman–Crippen MR) is 74.6 cm³/mol. The van der Waals surface area contributed by atoms with E-state index in [1.165, 1.54) is 12.0 Å². The van der Waals surface area contributed by atoms with Gasteiger partial charge in [0.25, 0.3) is 0 Å². The molecule has 0 N–H and O–H groups in total. The van der Waals surface area contributed by atoms with E-state index in [-0.39, 0.29) is 11.3 Å². The molecule has 1 fully saturated rings. The van der Waals surface area contributed by atoms with E-state index in [0.29, 0.717) is 19.1 Å². The zero-order valence-corrected chi connectivity index (χ0v) is 11.1. The van der Waals surface area contributed by atoms with Crippen LogP contribution in [0.5, 0.6) is 0 Å². The van der Waals surface area contributed by atoms with Crippen molar-refractivity contribution >= 4 is 6.29 Å². The number of rotatable bonds is 5. The van der Waals surface area contributed by atoms with Crippen LogP contribution >= 0.6 is 0 Å². The molecule has 0 aromatic heterocycles. The van der Waals surface area contributed by atoms with Gasteiger partial charge >= 0.3 is 0 Å². The second-order valence-corrected chi connectivity index (χ2v) is 5.85. The van der Waals surface area contributed by atoms with E-state index in [1.54, 1.807) is 0 Å². The first kappa shape index (κ1) is 12.6. The Bertz CT molecular complexity index is 465. The van der Waals surface area contributed by atoms with E-state index in [9.17, 15) is 4.79 Å². The minimum absolute atomic E-state index is 0.0364. The third kappa shape index (κ3) is 2.50. The average Bonchev–Trinajstić information content (AvgIpc) is 2.49. The summed E-state index contributed by atoms with van der Waals surface area (Å²) < 4.78 is 5.90. The number of carbonyl (C=O) groups excluding carboxylic acids is 1. The normalized spacial score (nSPS) is 32.4. The number of fused-ring (bicyclic) bond motifs is 2. The van der Waals surface area contributed by atoms with Gasteiger partial charge in [0.15, 0.2) is 0 Å². The Kier molecular flexibility index (Phi) is 3.52. The van der Waals surface area contributed by atoms with Gasteiger partial charge in [-0.05, 0) is 30.7 Å². The summed E-state index contributed by atoms with van der Waals surface area (Å²) in [5, 5.41) is 0. The zero-order chi connectivity index (χ0) is 13.1. The average molecular weight is 256 g/mol. The summed E-state index contributed by atoms with van der Waals surface area (Å²) in [6.07, 6.45) is 8.97. The van der Waals surface area contributed by atoms with Gasteiger partial charge in [-0.25, -0.2) is 0 Å². The number of allylic oxidation sites excluding steroid dienone is 1. The first-order valence-electron chi connectivity index (χ1n) is 7.09. The molecule has 0 radical (unpaired) electrons. The number of hydrogen-bond donors (Lipinski definition) is 0. The number of aldehydes is 1. The van der Waals surface area contributed by atoms with E-state index in [2.05, 4.69) is 24.3 Å². The number of benzene rings is 1. The molecular weight excluding hydrogens is 236 g/mol. The van der Waals surface area contributed by atoms with Crippen molar-refractivity contribution < 1.29 is 9.53 Å². The third-order valence-corrected chi connectivity index (χ3v) is 4.62. The fourth-order valence-electron chi connectivity index (χ4n) is 3.38. The van der Waals surface area contributed by atoms with Gasteiger partial charge in [0.05, 0.1) is 13.2 Å². The van der Waals surface area contributed by atoms with Crippen molar-refractivity contribution in [3.63, 3.8) is 0 Å². The molecule has 2 nitrogen and oxygen atoms in total. The van der Waals surface area contributed by atoms with Gasteiger partial charge in [0.1, 0.15) is 6.29 Å². The van der Waals surface area contributed by atoms with Crippen LogP contribution in [0.4, 0.5) is 0 Å². The molecule has 2 bridgehead atoms. The molecule has 1 aromatic rings. The largest absolute Gasteiger partial charge is 0.376 e. The monoisotopic (exact) mass is 256 g/mol. The molecule has 3 atom stereocenters. The van der Waals surface area contributed by atoms with Crippen LogP contribution in [-0.4, -0.2) is 12.9 Å². The molecule has 1 aromatic carbocycles. The second kappa shape index (κ2) is 5.30. The molecule has 0 heterocycles. The highest BCUT2D eigenvalue weighted by molar-refractivity contribution is 5.57. The molecule has 3 aliphatic rings. The standard InChI is InChI=1S/C17H20O2/c18-11-16-10-14-6-8-17(16,9-7-14)13-19-12-15-4-2-1-3-5-15/h1-6,8,11,14,16H,7,9-10,12-13H2/t14-,16+,17+/m0/s1. The lowest BCUT2D eigenvalue weighted by Crippen LogP contribution is -2.42. The van der Waals surface area contributed by atoms with Gasteiger partial charge in [0, 0.05) is 11.3 Å². The van der Waals surface area contributed by atoms with Crippen LogP contribution in [0.1, 0.15) is 24.8 Å². The summed E-state index contributed by atoms with van der Waals surface area (Å²) in [4.78, 5) is 11.3. The Morgan fingerprint density at radius 2 is 2.16 bits per heavy atom. The predicted octanol–water partition coefficient (Wildman–Crippen LogP) is 3.37. The van der Waals surface area contributed by atoms with Crippen molar-refractivity contribution in [1.82, 2.24) is 0 Å². The molecule has 0 amide bonds. The molecule has 19 heavy (non-hydrogen) atoms. The van der Waals surface area contributed by atoms with Crippen LogP contribution in [-0.2, 0) is 16.1 Å². The van der Waals surface area contributed by atoms with E-state index in [4.69, 9.17) is 4.74 Å². The van der Waals surface area contributed by atoms with Crippen molar-refractivity contribution in [3.05, 3.63) is 48.0 Å². The summed E-state index contributed by atoms with van der Waals surface area (Å²) in [7, 11) is 0. The molecule has 100 valence electrons. The van der Waals surface area contributed by atoms with Crippen LogP contribution in [0.25, 0.3) is 0 Å². The van der Waals surface area contributed by atoms with Crippen LogP contribution in [0.3, 0.4) is 0 Å². The molecular formula is C17H20O2. The van der Waals surface area contributed by atoms with E-state index >= 15 is 0 Å². The van der Waals surface area contributed by atoms with Gasteiger partial charge in [-0.15, -0.1) is 0 Å².